The van der Waals surface area contributed by atoms with Crippen LogP contribution in [-0.4, -0.2) is 6.54 Å². The summed E-state index contributed by atoms with van der Waals surface area (Å²) in [6, 6.07) is 6.21. The third-order valence-electron chi connectivity index (χ3n) is 1.77. The van der Waals surface area contributed by atoms with Crippen LogP contribution in [0.3, 0.4) is 0 Å². The molecule has 2 rings (SSSR count). The third kappa shape index (κ3) is 1.36. The highest BCUT2D eigenvalue weighted by Gasteiger charge is 1.93. The zero-order valence-electron chi connectivity index (χ0n) is 6.05. The Morgan fingerprint density at radius 1 is 1.36 bits per heavy atom. The molecule has 0 N–H and O–H groups in total. The average Bonchev–Trinajstić information content (AvgIpc) is 2.04. The summed E-state index contributed by atoms with van der Waals surface area (Å²) >= 11 is 3.42. The summed E-state index contributed by atoms with van der Waals surface area (Å²) in [5, 5.41) is 2.38. The smallest absolute Gasteiger partial charge is 0.0654 e. The van der Waals surface area contributed by atoms with Crippen molar-refractivity contribution in [2.24, 2.45) is 4.99 Å². The van der Waals surface area contributed by atoms with Crippen molar-refractivity contribution in [3.05, 3.63) is 33.2 Å². The molecular formula is C9H8BrN. The Bertz CT molecular complexity index is 381. The fraction of sp³-hybridized carbons (Fsp3) is 0.222. The topological polar surface area (TPSA) is 12.4 Å². The SMILES string of the molecule is Brc1ccc2c(c1)=NCCC=2. The van der Waals surface area contributed by atoms with E-state index in [1.165, 1.54) is 5.22 Å². The van der Waals surface area contributed by atoms with Crippen molar-refractivity contribution in [3.8, 4) is 0 Å². The predicted octanol–water partition coefficient (Wildman–Crippen LogP) is 1.25. The fourth-order valence-electron chi connectivity index (χ4n) is 1.23. The van der Waals surface area contributed by atoms with E-state index in [0.29, 0.717) is 0 Å². The minimum atomic E-state index is 0.934. The van der Waals surface area contributed by atoms with Gasteiger partial charge >= 0.3 is 0 Å². The monoisotopic (exact) mass is 209 g/mol. The van der Waals surface area contributed by atoms with Gasteiger partial charge in [-0.05, 0) is 23.8 Å². The maximum atomic E-state index is 4.39. The summed E-state index contributed by atoms with van der Waals surface area (Å²) in [6.45, 7) is 0.934. The lowest BCUT2D eigenvalue weighted by atomic mass is 10.2. The molecule has 1 aliphatic heterocycles. The first kappa shape index (κ1) is 7.04. The molecular weight excluding hydrogens is 202 g/mol. The molecule has 0 spiro atoms. The molecule has 0 bridgehead atoms. The van der Waals surface area contributed by atoms with E-state index < -0.39 is 0 Å². The minimum Gasteiger partial charge on any atom is -0.284 e. The second-order valence-electron chi connectivity index (χ2n) is 2.58. The highest BCUT2D eigenvalue weighted by atomic mass is 79.9. The maximum Gasteiger partial charge on any atom is 0.0654 e. The predicted molar refractivity (Wildman–Crippen MR) is 48.9 cm³/mol. The van der Waals surface area contributed by atoms with E-state index in [1.807, 2.05) is 0 Å². The normalized spacial score (nSPS) is 14.6. The molecule has 0 atom stereocenters. The number of halogens is 1. The average molecular weight is 210 g/mol. The zero-order valence-corrected chi connectivity index (χ0v) is 7.63. The Morgan fingerprint density at radius 3 is 3.18 bits per heavy atom. The largest absolute Gasteiger partial charge is 0.284 e. The lowest BCUT2D eigenvalue weighted by Crippen LogP contribution is -2.27. The summed E-state index contributed by atoms with van der Waals surface area (Å²) in [7, 11) is 0. The molecule has 0 aromatic heterocycles. The summed E-state index contributed by atoms with van der Waals surface area (Å²) in [4.78, 5) is 4.39. The van der Waals surface area contributed by atoms with Crippen molar-refractivity contribution < 1.29 is 0 Å². The number of hydrogen-bond acceptors (Lipinski definition) is 1. The van der Waals surface area contributed by atoms with Crippen LogP contribution in [0.25, 0.3) is 6.08 Å². The fourth-order valence-corrected chi connectivity index (χ4v) is 1.58. The van der Waals surface area contributed by atoms with E-state index in [9.17, 15) is 0 Å². The van der Waals surface area contributed by atoms with Crippen LogP contribution in [0.15, 0.2) is 27.7 Å². The van der Waals surface area contributed by atoms with Crippen molar-refractivity contribution in [1.29, 1.82) is 0 Å². The molecule has 1 nitrogen and oxygen atoms in total. The molecule has 11 heavy (non-hydrogen) atoms. The van der Waals surface area contributed by atoms with Crippen LogP contribution in [0.2, 0.25) is 0 Å². The van der Waals surface area contributed by atoms with Gasteiger partial charge in [0.1, 0.15) is 0 Å². The molecule has 0 saturated heterocycles. The van der Waals surface area contributed by atoms with Crippen molar-refractivity contribution in [2.45, 2.75) is 6.42 Å². The first-order valence-electron chi connectivity index (χ1n) is 3.66. The van der Waals surface area contributed by atoms with Gasteiger partial charge in [0.2, 0.25) is 0 Å². The van der Waals surface area contributed by atoms with Crippen LogP contribution in [0.1, 0.15) is 6.42 Å². The van der Waals surface area contributed by atoms with E-state index in [0.717, 1.165) is 22.8 Å². The van der Waals surface area contributed by atoms with Crippen molar-refractivity contribution in [1.82, 2.24) is 0 Å². The van der Waals surface area contributed by atoms with Crippen molar-refractivity contribution in [2.75, 3.05) is 6.54 Å². The van der Waals surface area contributed by atoms with Gasteiger partial charge in [0.05, 0.1) is 5.36 Å². The minimum absolute atomic E-state index is 0.934. The number of nitrogens with zero attached hydrogens (tertiary/aromatic N) is 1. The lowest BCUT2D eigenvalue weighted by Gasteiger charge is -1.98. The first-order valence-corrected chi connectivity index (χ1v) is 4.46. The number of hydrogen-bond donors (Lipinski definition) is 0. The molecule has 1 heterocycles. The lowest BCUT2D eigenvalue weighted by molar-refractivity contribution is 0.959. The van der Waals surface area contributed by atoms with E-state index in [2.05, 4.69) is 45.2 Å². The summed E-state index contributed by atoms with van der Waals surface area (Å²) in [5.41, 5.74) is 0. The first-order chi connectivity index (χ1) is 5.36. The van der Waals surface area contributed by atoms with Gasteiger partial charge in [0.15, 0.2) is 0 Å². The van der Waals surface area contributed by atoms with Crippen LogP contribution < -0.4 is 10.6 Å². The van der Waals surface area contributed by atoms with Gasteiger partial charge in [-0.15, -0.1) is 0 Å². The Hall–Kier alpha value is -0.630. The van der Waals surface area contributed by atoms with E-state index in [-0.39, 0.29) is 0 Å². The molecule has 2 heteroatoms. The molecule has 1 aliphatic rings. The standard InChI is InChI=1S/C9H8BrN/c10-8-4-3-7-2-1-5-11-9(7)6-8/h2-4,6H,1,5H2. The quantitative estimate of drug-likeness (QED) is 0.611. The molecule has 0 radical (unpaired) electrons. The molecule has 0 saturated carbocycles. The van der Waals surface area contributed by atoms with Gasteiger partial charge in [-0.2, -0.15) is 0 Å². The van der Waals surface area contributed by atoms with E-state index in [1.54, 1.807) is 0 Å². The van der Waals surface area contributed by atoms with Gasteiger partial charge < -0.3 is 0 Å². The van der Waals surface area contributed by atoms with E-state index in [4.69, 9.17) is 0 Å². The van der Waals surface area contributed by atoms with Gasteiger partial charge in [-0.1, -0.05) is 28.1 Å². The summed E-state index contributed by atoms with van der Waals surface area (Å²) < 4.78 is 1.11. The number of rotatable bonds is 0. The van der Waals surface area contributed by atoms with Crippen LogP contribution >= 0.6 is 15.9 Å². The molecule has 1 aromatic carbocycles. The van der Waals surface area contributed by atoms with Crippen LogP contribution in [0, 0.1) is 0 Å². The Labute approximate surface area is 73.6 Å². The summed E-state index contributed by atoms with van der Waals surface area (Å²) in [5.74, 6) is 0. The van der Waals surface area contributed by atoms with Crippen LogP contribution in [0.5, 0.6) is 0 Å². The molecule has 0 aliphatic carbocycles. The van der Waals surface area contributed by atoms with Crippen molar-refractivity contribution >= 4 is 22.0 Å². The maximum absolute atomic E-state index is 4.39. The molecule has 0 amide bonds. The highest BCUT2D eigenvalue weighted by molar-refractivity contribution is 9.10. The molecule has 0 fully saturated rings. The van der Waals surface area contributed by atoms with Gasteiger partial charge in [0, 0.05) is 11.0 Å². The molecule has 1 aromatic rings. The van der Waals surface area contributed by atoms with Gasteiger partial charge in [0.25, 0.3) is 0 Å². The Kier molecular flexibility index (Phi) is 1.78. The highest BCUT2D eigenvalue weighted by Crippen LogP contribution is 2.02. The number of fused-ring (bicyclic) bond motifs is 1. The van der Waals surface area contributed by atoms with Crippen molar-refractivity contribution in [3.63, 3.8) is 0 Å². The third-order valence-corrected chi connectivity index (χ3v) is 2.26. The second-order valence-corrected chi connectivity index (χ2v) is 3.49. The summed E-state index contributed by atoms with van der Waals surface area (Å²) in [6.07, 6.45) is 3.31. The number of benzene rings is 1. The van der Waals surface area contributed by atoms with Crippen LogP contribution in [0.4, 0.5) is 0 Å². The van der Waals surface area contributed by atoms with E-state index >= 15 is 0 Å². The molecule has 56 valence electrons. The second kappa shape index (κ2) is 2.78. The van der Waals surface area contributed by atoms with Crippen LogP contribution in [-0.2, 0) is 0 Å². The molecule has 0 unspecified atom stereocenters. The Balaban J connectivity index is 2.80. The van der Waals surface area contributed by atoms with Gasteiger partial charge in [-0.3, -0.25) is 4.99 Å². The van der Waals surface area contributed by atoms with Gasteiger partial charge in [-0.25, -0.2) is 0 Å². The zero-order chi connectivity index (χ0) is 7.68. The Morgan fingerprint density at radius 2 is 2.27 bits per heavy atom.